The van der Waals surface area contributed by atoms with Crippen molar-refractivity contribution < 1.29 is 0 Å². The Hall–Kier alpha value is -0.0800. The second kappa shape index (κ2) is 12.2. The highest BCUT2D eigenvalue weighted by Crippen LogP contribution is 2.51. The zero-order valence-corrected chi connectivity index (χ0v) is 27.6. The third kappa shape index (κ3) is 5.69. The standard InChI is InChI=1S/C27H18I2S6/c1-3-5-9-18(4-2)30-24-20-12-16-15-23-21(13-17(16)14-22(20)32-26(24)34-28)25(27(33-23)35-29)31-19-10-7-6-8-11-19/h3-15H,1H2,2H3/b9-5-,18-4+. The van der Waals surface area contributed by atoms with Crippen molar-refractivity contribution in [3.63, 3.8) is 0 Å². The molecule has 0 aliphatic heterocycles. The lowest BCUT2D eigenvalue weighted by Crippen LogP contribution is -1.78. The average molecular weight is 789 g/mol. The maximum Gasteiger partial charge on any atom is 0.0854 e. The first-order chi connectivity index (χ1) is 17.1. The van der Waals surface area contributed by atoms with Crippen LogP contribution in [0.2, 0.25) is 0 Å². The Morgan fingerprint density at radius 1 is 0.857 bits per heavy atom. The number of halogens is 2. The molecule has 176 valence electrons. The van der Waals surface area contributed by atoms with Crippen LogP contribution in [0.1, 0.15) is 6.92 Å². The largest absolute Gasteiger partial charge is 0.127 e. The molecule has 5 rings (SSSR count). The molecular weight excluding hydrogens is 771 g/mol. The van der Waals surface area contributed by atoms with Gasteiger partial charge >= 0.3 is 0 Å². The van der Waals surface area contributed by atoms with E-state index in [-0.39, 0.29) is 0 Å². The molecule has 35 heavy (non-hydrogen) atoms. The third-order valence-corrected chi connectivity index (χ3v) is 16.2. The molecule has 3 aromatic carbocycles. The number of rotatable bonds is 8. The van der Waals surface area contributed by atoms with E-state index in [4.69, 9.17) is 0 Å². The highest BCUT2D eigenvalue weighted by molar-refractivity contribution is 14.2. The van der Waals surface area contributed by atoms with Crippen molar-refractivity contribution in [2.45, 2.75) is 30.0 Å². The van der Waals surface area contributed by atoms with Crippen molar-refractivity contribution >= 4 is 137 Å². The van der Waals surface area contributed by atoms with E-state index in [1.165, 1.54) is 59.0 Å². The minimum atomic E-state index is 1.23. The van der Waals surface area contributed by atoms with Crippen LogP contribution in [0.4, 0.5) is 0 Å². The minimum Gasteiger partial charge on any atom is -0.127 e. The van der Waals surface area contributed by atoms with Crippen molar-refractivity contribution in [2.24, 2.45) is 0 Å². The van der Waals surface area contributed by atoms with Crippen LogP contribution in [0.3, 0.4) is 0 Å². The predicted molar refractivity (Wildman–Crippen MR) is 184 cm³/mol. The molecule has 0 aliphatic rings. The molecule has 0 fully saturated rings. The quantitative estimate of drug-likeness (QED) is 0.0872. The summed E-state index contributed by atoms with van der Waals surface area (Å²) in [7, 11) is 3.63. The number of allylic oxidation sites excluding steroid dienone is 4. The van der Waals surface area contributed by atoms with E-state index in [0.29, 0.717) is 0 Å². The number of thiophene rings is 2. The summed E-state index contributed by atoms with van der Waals surface area (Å²) in [5.74, 6) is 0. The fraction of sp³-hybridized carbons (Fsp3) is 0.0370. The average Bonchev–Trinajstić information content (AvgIpc) is 3.40. The minimum absolute atomic E-state index is 1.23. The van der Waals surface area contributed by atoms with Crippen LogP contribution in [0.15, 0.2) is 113 Å². The van der Waals surface area contributed by atoms with Crippen molar-refractivity contribution in [1.82, 2.24) is 0 Å². The molecule has 0 saturated heterocycles. The third-order valence-electron chi connectivity index (χ3n) is 5.31. The summed E-state index contributed by atoms with van der Waals surface area (Å²) >= 11 is 12.3. The monoisotopic (exact) mass is 788 g/mol. The van der Waals surface area contributed by atoms with E-state index < -0.39 is 0 Å². The molecule has 2 aromatic heterocycles. The van der Waals surface area contributed by atoms with Gasteiger partial charge in [-0.15, -0.1) is 22.7 Å². The molecule has 0 aliphatic carbocycles. The van der Waals surface area contributed by atoms with Gasteiger partial charge in [0.05, 0.1) is 8.42 Å². The second-order valence-corrected chi connectivity index (χ2v) is 16.0. The first-order valence-electron chi connectivity index (χ1n) is 10.5. The maximum absolute atomic E-state index is 3.81. The molecule has 2 heterocycles. The smallest absolute Gasteiger partial charge is 0.0854 e. The van der Waals surface area contributed by atoms with Gasteiger partial charge in [0, 0.05) is 82.2 Å². The lowest BCUT2D eigenvalue weighted by molar-refractivity contribution is 1.40. The number of fused-ring (bicyclic) bond motifs is 3. The summed E-state index contributed by atoms with van der Waals surface area (Å²) in [4.78, 5) is 5.23. The number of thioether (sulfide) groups is 1. The number of hydrogen-bond acceptors (Lipinski definition) is 6. The molecule has 0 nitrogen and oxygen atoms in total. The molecule has 8 heteroatoms. The zero-order chi connectivity index (χ0) is 24.4. The van der Waals surface area contributed by atoms with Gasteiger partial charge in [0.2, 0.25) is 0 Å². The van der Waals surface area contributed by atoms with Gasteiger partial charge in [0.15, 0.2) is 0 Å². The van der Waals surface area contributed by atoms with Crippen LogP contribution in [-0.4, -0.2) is 0 Å². The Morgan fingerprint density at radius 2 is 1.46 bits per heavy atom. The molecule has 5 aromatic rings. The summed E-state index contributed by atoms with van der Waals surface area (Å²) in [6, 6.07) is 20.2. The van der Waals surface area contributed by atoms with E-state index in [2.05, 4.69) is 123 Å². The summed E-state index contributed by atoms with van der Waals surface area (Å²) in [6.07, 6.45) is 8.13. The van der Waals surface area contributed by atoms with Crippen LogP contribution >= 0.6 is 106 Å². The Morgan fingerprint density at radius 3 is 2.03 bits per heavy atom. The first-order valence-corrected chi connectivity index (χ1v) is 20.5. The zero-order valence-electron chi connectivity index (χ0n) is 18.4. The summed E-state index contributed by atoms with van der Waals surface area (Å²) in [6.45, 7) is 5.91. The Kier molecular flexibility index (Phi) is 9.24. The van der Waals surface area contributed by atoms with Gasteiger partial charge in [-0.1, -0.05) is 66.5 Å². The molecule has 0 saturated carbocycles. The normalized spacial score (nSPS) is 12.5. The van der Waals surface area contributed by atoms with E-state index in [0.717, 1.165) is 0 Å². The molecule has 0 N–H and O–H groups in total. The highest BCUT2D eigenvalue weighted by atomic mass is 127. The molecule has 0 atom stereocenters. The lowest BCUT2D eigenvalue weighted by Gasteiger charge is -2.06. The predicted octanol–water partition coefficient (Wildman–Crippen LogP) is 13.0. The van der Waals surface area contributed by atoms with Gasteiger partial charge in [-0.05, 0) is 78.0 Å². The van der Waals surface area contributed by atoms with Crippen LogP contribution in [-0.2, 0) is 0 Å². The van der Waals surface area contributed by atoms with Gasteiger partial charge in [-0.2, -0.15) is 0 Å². The van der Waals surface area contributed by atoms with Crippen molar-refractivity contribution in [3.05, 3.63) is 90.4 Å². The van der Waals surface area contributed by atoms with Crippen LogP contribution in [0.5, 0.6) is 0 Å². The lowest BCUT2D eigenvalue weighted by atomic mass is 10.1. The SMILES string of the molecule is C=C/C=C\C(=C/C)Sc1c(SI)sc2cc3cc4c(Sc5ccccc5)c(SI)sc4cc3cc12. The summed E-state index contributed by atoms with van der Waals surface area (Å²) < 4.78 is 5.43. The molecular formula is C27H18I2S6. The van der Waals surface area contributed by atoms with Gasteiger partial charge in [0.25, 0.3) is 0 Å². The Balaban J connectivity index is 1.65. The fourth-order valence-electron chi connectivity index (χ4n) is 3.72. The fourth-order valence-corrected chi connectivity index (χ4v) is 13.3. The van der Waals surface area contributed by atoms with Crippen molar-refractivity contribution in [1.29, 1.82) is 0 Å². The van der Waals surface area contributed by atoms with E-state index in [9.17, 15) is 0 Å². The highest BCUT2D eigenvalue weighted by Gasteiger charge is 2.18. The van der Waals surface area contributed by atoms with Crippen LogP contribution in [0, 0.1) is 0 Å². The summed E-state index contributed by atoms with van der Waals surface area (Å²) in [5.41, 5.74) is 0. The van der Waals surface area contributed by atoms with Crippen molar-refractivity contribution in [3.8, 4) is 0 Å². The molecule has 0 unspecified atom stereocenters. The van der Waals surface area contributed by atoms with Gasteiger partial charge < -0.3 is 0 Å². The second-order valence-electron chi connectivity index (χ2n) is 7.44. The number of benzene rings is 3. The van der Waals surface area contributed by atoms with Crippen molar-refractivity contribution in [2.75, 3.05) is 0 Å². The van der Waals surface area contributed by atoms with Gasteiger partial charge in [-0.25, -0.2) is 0 Å². The van der Waals surface area contributed by atoms with Gasteiger partial charge in [-0.3, -0.25) is 0 Å². The van der Waals surface area contributed by atoms with E-state index in [1.54, 1.807) is 0 Å². The number of hydrogen-bond donors (Lipinski definition) is 0. The topological polar surface area (TPSA) is 0 Å². The molecule has 0 spiro atoms. The van der Waals surface area contributed by atoms with Crippen LogP contribution < -0.4 is 0 Å². The van der Waals surface area contributed by atoms with Gasteiger partial charge in [0.1, 0.15) is 0 Å². The maximum atomic E-state index is 3.81. The first kappa shape index (κ1) is 26.5. The van der Waals surface area contributed by atoms with E-state index in [1.807, 2.05) is 76.2 Å². The van der Waals surface area contributed by atoms with E-state index >= 15 is 0 Å². The Labute approximate surface area is 254 Å². The Bertz CT molecular complexity index is 1590. The summed E-state index contributed by atoms with van der Waals surface area (Å²) in [5, 5.41) is 5.32. The molecule has 0 bridgehead atoms. The molecule has 0 amide bonds. The van der Waals surface area contributed by atoms with Crippen LogP contribution in [0.25, 0.3) is 30.9 Å². The molecule has 0 radical (unpaired) electrons.